The van der Waals surface area contributed by atoms with Crippen LogP contribution in [0.4, 0.5) is 10.1 Å². The fraction of sp³-hybridized carbons (Fsp3) is 0.118. The van der Waals surface area contributed by atoms with Gasteiger partial charge in [-0.2, -0.15) is 0 Å². The summed E-state index contributed by atoms with van der Waals surface area (Å²) in [6.45, 7) is -0.432. The van der Waals surface area contributed by atoms with Crippen LogP contribution in [0, 0.1) is 5.82 Å². The third-order valence-corrected chi connectivity index (χ3v) is 3.88. The summed E-state index contributed by atoms with van der Waals surface area (Å²) in [6, 6.07) is 8.90. The largest absolute Gasteiger partial charge is 0.387 e. The summed E-state index contributed by atoms with van der Waals surface area (Å²) in [7, 11) is 0. The lowest BCUT2D eigenvalue weighted by molar-refractivity contribution is -0.118. The predicted molar refractivity (Wildman–Crippen MR) is 92.2 cm³/mol. The fourth-order valence-electron chi connectivity index (χ4n) is 2.38. The number of anilines is 1. The topological polar surface area (TPSA) is 84.2 Å². The molecule has 2 aromatic carbocycles. The standard InChI is InChI=1S/C17H13ClFN3O3/c18-13-5-10(1-4-14(13)19)7-22-9-20-15-6-11(21-16(24)8-23)2-3-12(15)17(22)25/h1-6,9,23H,7-8H2,(H,21,24). The van der Waals surface area contributed by atoms with Crippen LogP contribution in [-0.4, -0.2) is 27.2 Å². The first kappa shape index (κ1) is 17.1. The second-order valence-corrected chi connectivity index (χ2v) is 5.77. The SMILES string of the molecule is O=C(CO)Nc1ccc2c(=O)n(Cc3ccc(F)c(Cl)c3)cnc2c1. The van der Waals surface area contributed by atoms with Gasteiger partial charge in [-0.05, 0) is 35.9 Å². The van der Waals surface area contributed by atoms with E-state index in [0.29, 0.717) is 22.2 Å². The lowest BCUT2D eigenvalue weighted by Gasteiger charge is -2.09. The molecule has 0 atom stereocenters. The number of nitrogens with zero attached hydrogens (tertiary/aromatic N) is 2. The van der Waals surface area contributed by atoms with Gasteiger partial charge in [0, 0.05) is 5.69 Å². The molecule has 0 saturated heterocycles. The minimum atomic E-state index is -0.632. The third kappa shape index (κ3) is 3.67. The zero-order chi connectivity index (χ0) is 18.0. The molecule has 0 aliphatic rings. The van der Waals surface area contributed by atoms with Crippen LogP contribution < -0.4 is 10.9 Å². The first-order valence-electron chi connectivity index (χ1n) is 7.32. The molecule has 1 amide bonds. The Morgan fingerprint density at radius 1 is 1.28 bits per heavy atom. The van der Waals surface area contributed by atoms with Gasteiger partial charge in [0.2, 0.25) is 5.91 Å². The normalized spacial score (nSPS) is 10.8. The quantitative estimate of drug-likeness (QED) is 0.746. The highest BCUT2D eigenvalue weighted by Crippen LogP contribution is 2.17. The molecule has 6 nitrogen and oxygen atoms in total. The fourth-order valence-corrected chi connectivity index (χ4v) is 2.59. The Morgan fingerprint density at radius 3 is 2.80 bits per heavy atom. The molecule has 0 radical (unpaired) electrons. The molecule has 0 unspecified atom stereocenters. The van der Waals surface area contributed by atoms with Crippen LogP contribution in [0.2, 0.25) is 5.02 Å². The average molecular weight is 362 g/mol. The van der Waals surface area contributed by atoms with Gasteiger partial charge in [0.15, 0.2) is 0 Å². The van der Waals surface area contributed by atoms with Crippen molar-refractivity contribution in [1.82, 2.24) is 9.55 Å². The van der Waals surface area contributed by atoms with Crippen molar-refractivity contribution in [3.8, 4) is 0 Å². The number of hydrogen-bond donors (Lipinski definition) is 2. The second kappa shape index (κ2) is 7.00. The minimum Gasteiger partial charge on any atom is -0.387 e. The molecule has 0 bridgehead atoms. The molecule has 0 aliphatic carbocycles. The molecule has 8 heteroatoms. The van der Waals surface area contributed by atoms with E-state index in [2.05, 4.69) is 10.3 Å². The van der Waals surface area contributed by atoms with E-state index in [9.17, 15) is 14.0 Å². The van der Waals surface area contributed by atoms with E-state index in [4.69, 9.17) is 16.7 Å². The van der Waals surface area contributed by atoms with E-state index in [1.165, 1.54) is 23.0 Å². The summed E-state index contributed by atoms with van der Waals surface area (Å²) in [5, 5.41) is 11.6. The number of carbonyl (C=O) groups is 1. The first-order chi connectivity index (χ1) is 12.0. The zero-order valence-corrected chi connectivity index (χ0v) is 13.6. The number of aliphatic hydroxyl groups excluding tert-OH is 1. The Bertz CT molecular complexity index is 1020. The zero-order valence-electron chi connectivity index (χ0n) is 12.9. The van der Waals surface area contributed by atoms with E-state index in [1.807, 2.05) is 0 Å². The van der Waals surface area contributed by atoms with E-state index in [0.717, 1.165) is 0 Å². The Balaban J connectivity index is 1.94. The Labute approximate surface area is 146 Å². The Kier molecular flexibility index (Phi) is 4.78. The second-order valence-electron chi connectivity index (χ2n) is 5.36. The molecule has 3 aromatic rings. The summed E-state index contributed by atoms with van der Waals surface area (Å²) in [6.07, 6.45) is 1.37. The molecule has 1 heterocycles. The maximum absolute atomic E-state index is 13.2. The van der Waals surface area contributed by atoms with Crippen molar-refractivity contribution in [1.29, 1.82) is 0 Å². The lowest BCUT2D eigenvalue weighted by Crippen LogP contribution is -2.21. The van der Waals surface area contributed by atoms with Gasteiger partial charge in [-0.3, -0.25) is 14.2 Å². The number of carbonyl (C=O) groups excluding carboxylic acids is 1. The molecule has 2 N–H and O–H groups in total. The van der Waals surface area contributed by atoms with Gasteiger partial charge in [-0.25, -0.2) is 9.37 Å². The number of nitrogens with one attached hydrogen (secondary N) is 1. The number of fused-ring (bicyclic) bond motifs is 1. The van der Waals surface area contributed by atoms with Gasteiger partial charge in [0.05, 0.1) is 28.8 Å². The van der Waals surface area contributed by atoms with Crippen molar-refractivity contribution in [2.75, 3.05) is 11.9 Å². The van der Waals surface area contributed by atoms with Crippen LogP contribution in [0.15, 0.2) is 47.5 Å². The molecule has 128 valence electrons. The van der Waals surface area contributed by atoms with E-state index in [-0.39, 0.29) is 17.1 Å². The summed E-state index contributed by atoms with van der Waals surface area (Å²) in [5.74, 6) is -1.08. The van der Waals surface area contributed by atoms with Gasteiger partial charge in [0.1, 0.15) is 12.4 Å². The average Bonchev–Trinajstić information content (AvgIpc) is 2.60. The maximum atomic E-state index is 13.2. The third-order valence-electron chi connectivity index (χ3n) is 3.59. The van der Waals surface area contributed by atoms with Crippen LogP contribution >= 0.6 is 11.6 Å². The highest BCUT2D eigenvalue weighted by molar-refractivity contribution is 6.30. The molecule has 0 fully saturated rings. The molecule has 0 saturated carbocycles. The molecule has 0 aliphatic heterocycles. The number of benzene rings is 2. The summed E-state index contributed by atoms with van der Waals surface area (Å²) < 4.78 is 14.6. The predicted octanol–water partition coefficient (Wildman–Crippen LogP) is 2.17. The summed E-state index contributed by atoms with van der Waals surface area (Å²) >= 11 is 5.76. The molecular weight excluding hydrogens is 349 g/mol. The van der Waals surface area contributed by atoms with Crippen molar-refractivity contribution >= 4 is 34.1 Å². The van der Waals surface area contributed by atoms with E-state index in [1.54, 1.807) is 24.3 Å². The van der Waals surface area contributed by atoms with Crippen molar-refractivity contribution in [2.24, 2.45) is 0 Å². The minimum absolute atomic E-state index is 0.0106. The number of amides is 1. The number of rotatable bonds is 4. The van der Waals surface area contributed by atoms with Gasteiger partial charge in [-0.15, -0.1) is 0 Å². The number of hydrogen-bond acceptors (Lipinski definition) is 4. The van der Waals surface area contributed by atoms with Crippen LogP contribution in [0.1, 0.15) is 5.56 Å². The number of halogens is 2. The first-order valence-corrected chi connectivity index (χ1v) is 7.69. The van der Waals surface area contributed by atoms with Crippen molar-refractivity contribution in [2.45, 2.75) is 6.54 Å². The van der Waals surface area contributed by atoms with Crippen LogP contribution in [0.3, 0.4) is 0 Å². The molecule has 25 heavy (non-hydrogen) atoms. The van der Waals surface area contributed by atoms with Crippen molar-refractivity contribution in [3.63, 3.8) is 0 Å². The highest BCUT2D eigenvalue weighted by atomic mass is 35.5. The van der Waals surface area contributed by atoms with Crippen LogP contribution in [0.25, 0.3) is 10.9 Å². The van der Waals surface area contributed by atoms with Crippen LogP contribution in [0.5, 0.6) is 0 Å². The molecule has 1 aromatic heterocycles. The number of aliphatic hydroxyl groups is 1. The monoisotopic (exact) mass is 361 g/mol. The van der Waals surface area contributed by atoms with Gasteiger partial charge < -0.3 is 10.4 Å². The van der Waals surface area contributed by atoms with E-state index < -0.39 is 18.3 Å². The van der Waals surface area contributed by atoms with Crippen molar-refractivity contribution in [3.05, 3.63) is 69.5 Å². The summed E-state index contributed by atoms with van der Waals surface area (Å²) in [5.41, 5.74) is 1.24. The van der Waals surface area contributed by atoms with Crippen molar-refractivity contribution < 1.29 is 14.3 Å². The smallest absolute Gasteiger partial charge is 0.261 e. The van der Waals surface area contributed by atoms with Crippen LogP contribution in [-0.2, 0) is 11.3 Å². The molecule has 0 spiro atoms. The Hall–Kier alpha value is -2.77. The molecular formula is C17H13ClFN3O3. The van der Waals surface area contributed by atoms with Gasteiger partial charge in [0.25, 0.3) is 5.56 Å². The highest BCUT2D eigenvalue weighted by Gasteiger charge is 2.08. The lowest BCUT2D eigenvalue weighted by atomic mass is 10.2. The van der Waals surface area contributed by atoms with Gasteiger partial charge in [-0.1, -0.05) is 17.7 Å². The summed E-state index contributed by atoms with van der Waals surface area (Å²) in [4.78, 5) is 28.0. The Morgan fingerprint density at radius 2 is 2.08 bits per heavy atom. The number of aromatic nitrogens is 2. The maximum Gasteiger partial charge on any atom is 0.261 e. The molecule has 3 rings (SSSR count). The van der Waals surface area contributed by atoms with Gasteiger partial charge >= 0.3 is 0 Å². The van der Waals surface area contributed by atoms with E-state index >= 15 is 0 Å².